The molecule has 4 rings (SSSR count). The molecule has 2 heterocycles. The Balaban J connectivity index is 1.76. The maximum absolute atomic E-state index is 13.0. The van der Waals surface area contributed by atoms with Gasteiger partial charge in [-0.1, -0.05) is 54.8 Å². The van der Waals surface area contributed by atoms with E-state index in [1.807, 2.05) is 48.7 Å². The van der Waals surface area contributed by atoms with E-state index in [2.05, 4.69) is 6.07 Å². The average Bonchev–Trinajstić information content (AvgIpc) is 3.03. The van der Waals surface area contributed by atoms with E-state index in [9.17, 15) is 10.1 Å². The Kier molecular flexibility index (Phi) is 6.49. The average molecular weight is 431 g/mol. The van der Waals surface area contributed by atoms with Crippen molar-refractivity contribution >= 4 is 23.6 Å². The van der Waals surface area contributed by atoms with E-state index in [1.165, 1.54) is 0 Å². The molecule has 1 aliphatic rings. The number of rotatable bonds is 4. The van der Waals surface area contributed by atoms with Crippen molar-refractivity contribution in [2.24, 2.45) is 0 Å². The Morgan fingerprint density at radius 3 is 2.32 bits per heavy atom. The molecular weight excluding hydrogens is 408 g/mol. The van der Waals surface area contributed by atoms with Gasteiger partial charge >= 0.3 is 0 Å². The molecule has 1 fully saturated rings. The summed E-state index contributed by atoms with van der Waals surface area (Å²) in [6.07, 6.45) is 7.72. The van der Waals surface area contributed by atoms with Crippen LogP contribution in [-0.2, 0) is 4.79 Å². The summed E-state index contributed by atoms with van der Waals surface area (Å²) in [5, 5.41) is 15.2. The van der Waals surface area contributed by atoms with Gasteiger partial charge in [-0.05, 0) is 43.2 Å². The summed E-state index contributed by atoms with van der Waals surface area (Å²) in [4.78, 5) is 14.8. The number of aromatic nitrogens is 2. The maximum Gasteiger partial charge on any atom is 0.264 e. The third-order valence-electron chi connectivity index (χ3n) is 5.42. The number of halogens is 1. The molecule has 5 nitrogen and oxygen atoms in total. The molecular formula is C25H23ClN4O. The first-order chi connectivity index (χ1) is 15.2. The van der Waals surface area contributed by atoms with Crippen LogP contribution in [0, 0.1) is 11.3 Å². The van der Waals surface area contributed by atoms with E-state index in [0.29, 0.717) is 29.4 Å². The molecule has 0 spiro atoms. The van der Waals surface area contributed by atoms with Gasteiger partial charge in [0.25, 0.3) is 5.91 Å². The molecule has 31 heavy (non-hydrogen) atoms. The minimum absolute atomic E-state index is 0.129. The third kappa shape index (κ3) is 4.87. The van der Waals surface area contributed by atoms with Crippen molar-refractivity contribution in [2.75, 3.05) is 13.1 Å². The van der Waals surface area contributed by atoms with E-state index in [4.69, 9.17) is 16.7 Å². The number of hydrogen-bond donors (Lipinski definition) is 0. The molecule has 1 saturated heterocycles. The summed E-state index contributed by atoms with van der Waals surface area (Å²) < 4.78 is 1.77. The molecule has 0 N–H and O–H groups in total. The largest absolute Gasteiger partial charge is 0.338 e. The molecule has 0 unspecified atom stereocenters. The van der Waals surface area contributed by atoms with Crippen molar-refractivity contribution in [1.82, 2.24) is 14.7 Å². The second-order valence-electron chi connectivity index (χ2n) is 7.60. The smallest absolute Gasteiger partial charge is 0.264 e. The fourth-order valence-electron chi connectivity index (χ4n) is 3.78. The summed E-state index contributed by atoms with van der Waals surface area (Å²) in [5.41, 5.74) is 3.30. The molecule has 1 amide bonds. The van der Waals surface area contributed by atoms with Gasteiger partial charge in [-0.25, -0.2) is 4.68 Å². The molecule has 6 heteroatoms. The van der Waals surface area contributed by atoms with Crippen molar-refractivity contribution in [3.63, 3.8) is 0 Å². The van der Waals surface area contributed by atoms with Crippen molar-refractivity contribution in [2.45, 2.75) is 25.7 Å². The first kappa shape index (κ1) is 20.9. The normalized spacial score (nSPS) is 14.7. The predicted molar refractivity (Wildman–Crippen MR) is 123 cm³/mol. The highest BCUT2D eigenvalue weighted by Crippen LogP contribution is 2.27. The van der Waals surface area contributed by atoms with Crippen molar-refractivity contribution in [3.8, 4) is 23.0 Å². The number of para-hydroxylation sites is 1. The quantitative estimate of drug-likeness (QED) is 0.405. The number of carbonyl (C=O) groups is 1. The number of carbonyl (C=O) groups excluding carboxylic acids is 1. The van der Waals surface area contributed by atoms with Crippen molar-refractivity contribution in [3.05, 3.63) is 77.0 Å². The lowest BCUT2D eigenvalue weighted by Gasteiger charge is -2.19. The van der Waals surface area contributed by atoms with E-state index in [-0.39, 0.29) is 11.5 Å². The molecule has 1 aromatic heterocycles. The summed E-state index contributed by atoms with van der Waals surface area (Å²) in [7, 11) is 0. The van der Waals surface area contributed by atoms with Crippen LogP contribution in [0.1, 0.15) is 31.2 Å². The van der Waals surface area contributed by atoms with Crippen LogP contribution in [-0.4, -0.2) is 33.7 Å². The fourth-order valence-corrected chi connectivity index (χ4v) is 3.91. The van der Waals surface area contributed by atoms with E-state index >= 15 is 0 Å². The van der Waals surface area contributed by atoms with Gasteiger partial charge in [-0.2, -0.15) is 10.4 Å². The van der Waals surface area contributed by atoms with Gasteiger partial charge in [0, 0.05) is 35.4 Å². The molecule has 3 aromatic rings. The fraction of sp³-hybridized carbons (Fsp3) is 0.240. The van der Waals surface area contributed by atoms with Gasteiger partial charge in [-0.15, -0.1) is 0 Å². The molecule has 0 atom stereocenters. The van der Waals surface area contributed by atoms with Crippen LogP contribution in [0.2, 0.25) is 5.02 Å². The second kappa shape index (κ2) is 9.63. The van der Waals surface area contributed by atoms with Crippen molar-refractivity contribution < 1.29 is 4.79 Å². The van der Waals surface area contributed by atoms with E-state index in [0.717, 1.165) is 36.9 Å². The molecule has 0 bridgehead atoms. The number of nitriles is 1. The van der Waals surface area contributed by atoms with Crippen LogP contribution in [0.25, 0.3) is 23.0 Å². The number of amides is 1. The SMILES string of the molecule is N#CC(=Cc1cn(-c2ccccc2)nc1-c1ccc(Cl)cc1)C(=O)N1CCCCCC1. The molecule has 1 aliphatic heterocycles. The minimum atomic E-state index is -0.209. The number of benzene rings is 2. The summed E-state index contributed by atoms with van der Waals surface area (Å²) >= 11 is 6.06. The Labute approximate surface area is 187 Å². The topological polar surface area (TPSA) is 61.9 Å². The van der Waals surface area contributed by atoms with E-state index < -0.39 is 0 Å². The van der Waals surface area contributed by atoms with Gasteiger partial charge < -0.3 is 4.90 Å². The molecule has 0 radical (unpaired) electrons. The summed E-state index contributed by atoms with van der Waals surface area (Å²) in [6, 6.07) is 19.3. The zero-order valence-electron chi connectivity index (χ0n) is 17.2. The van der Waals surface area contributed by atoms with Crippen molar-refractivity contribution in [1.29, 1.82) is 5.26 Å². The van der Waals surface area contributed by atoms with Gasteiger partial charge in [0.15, 0.2) is 0 Å². The second-order valence-corrected chi connectivity index (χ2v) is 8.03. The standard InChI is InChI=1S/C25H23ClN4O/c26-22-12-10-19(11-13-22)24-21(18-30(28-24)23-8-4-3-5-9-23)16-20(17-27)25(31)29-14-6-1-2-7-15-29/h3-5,8-13,16,18H,1-2,6-7,14-15H2. The highest BCUT2D eigenvalue weighted by molar-refractivity contribution is 6.30. The predicted octanol–water partition coefficient (Wildman–Crippen LogP) is 5.50. The molecule has 0 saturated carbocycles. The van der Waals surface area contributed by atoms with Crippen LogP contribution in [0.3, 0.4) is 0 Å². The van der Waals surface area contributed by atoms with E-state index in [1.54, 1.807) is 27.8 Å². The van der Waals surface area contributed by atoms with Gasteiger partial charge in [0.1, 0.15) is 11.6 Å². The van der Waals surface area contributed by atoms with Crippen LogP contribution in [0.4, 0.5) is 0 Å². The lowest BCUT2D eigenvalue weighted by atomic mass is 10.1. The first-order valence-electron chi connectivity index (χ1n) is 10.5. The lowest BCUT2D eigenvalue weighted by molar-refractivity contribution is -0.126. The summed E-state index contributed by atoms with van der Waals surface area (Å²) in [5.74, 6) is -0.209. The Morgan fingerprint density at radius 2 is 1.68 bits per heavy atom. The van der Waals surface area contributed by atoms with Crippen LogP contribution in [0.5, 0.6) is 0 Å². The number of likely N-dealkylation sites (tertiary alicyclic amines) is 1. The van der Waals surface area contributed by atoms with Gasteiger partial charge in [-0.3, -0.25) is 4.79 Å². The Hall–Kier alpha value is -3.36. The van der Waals surface area contributed by atoms with Crippen LogP contribution in [0.15, 0.2) is 66.4 Å². The molecule has 2 aromatic carbocycles. The molecule has 0 aliphatic carbocycles. The monoisotopic (exact) mass is 430 g/mol. The lowest BCUT2D eigenvalue weighted by Crippen LogP contribution is -2.32. The molecule has 156 valence electrons. The Morgan fingerprint density at radius 1 is 1.00 bits per heavy atom. The first-order valence-corrected chi connectivity index (χ1v) is 10.9. The summed E-state index contributed by atoms with van der Waals surface area (Å²) in [6.45, 7) is 1.40. The zero-order chi connectivity index (χ0) is 21.6. The highest BCUT2D eigenvalue weighted by atomic mass is 35.5. The van der Waals surface area contributed by atoms with Gasteiger partial charge in [0.2, 0.25) is 0 Å². The zero-order valence-corrected chi connectivity index (χ0v) is 17.9. The highest BCUT2D eigenvalue weighted by Gasteiger charge is 2.21. The van der Waals surface area contributed by atoms with Crippen LogP contribution < -0.4 is 0 Å². The number of hydrogen-bond acceptors (Lipinski definition) is 3. The Bertz CT molecular complexity index is 1120. The van der Waals surface area contributed by atoms with Gasteiger partial charge in [0.05, 0.1) is 11.4 Å². The third-order valence-corrected chi connectivity index (χ3v) is 5.68. The number of nitrogens with zero attached hydrogens (tertiary/aromatic N) is 4. The maximum atomic E-state index is 13.0. The minimum Gasteiger partial charge on any atom is -0.338 e. The van der Waals surface area contributed by atoms with Crippen LogP contribution >= 0.6 is 11.6 Å².